The molecule has 0 N–H and O–H groups in total. The Morgan fingerprint density at radius 1 is 0.343 bits per heavy atom. The van der Waals surface area contributed by atoms with Gasteiger partial charge in [0, 0.05) is 51.8 Å². The van der Waals surface area contributed by atoms with Crippen LogP contribution < -0.4 is 15.1 Å². The number of hydrogen-bond donors (Lipinski definition) is 0. The number of anilines is 2. The molecule has 0 bridgehead atoms. The third kappa shape index (κ3) is 30.1. The van der Waals surface area contributed by atoms with Gasteiger partial charge in [0.15, 0.2) is 5.82 Å². The Morgan fingerprint density at radius 2 is 0.627 bits per heavy atom. The zero-order valence-corrected chi connectivity index (χ0v) is 76.2. The topological polar surface area (TPSA) is 61.3 Å². The SMILES string of the molecule is CBr.CBr.CBr.CN(C)C.Cc1ccc(C)c(-c2ccc(-c3ccncc3)cc2)c1.Cc1ccc(C)c(-c2ccc(N(C)C)cc2)c1.Cc1ccc(C)c(-c2ccc(P(C)(C)(C)Br)cc2)c1.Cc1ccc(C)c(-c2ccc(S(C)(C)Br)cc2)c1.Cc1ccc(C)c(-c2nc(Br)nc(N(C)C)n2)c1. The van der Waals surface area contributed by atoms with Gasteiger partial charge in [-0.25, -0.2) is 4.98 Å². The van der Waals surface area contributed by atoms with E-state index in [1.807, 2.05) is 87.1 Å². The molecule has 546 valence electrons. The number of pyridine rings is 1. The summed E-state index contributed by atoms with van der Waals surface area (Å²) >= 11 is 19.9. The third-order valence-electron chi connectivity index (χ3n) is 15.9. The third-order valence-corrected chi connectivity index (χ3v) is 22.0. The summed E-state index contributed by atoms with van der Waals surface area (Å²) in [6.45, 7) is 28.3. The van der Waals surface area contributed by atoms with E-state index in [1.54, 1.807) is 0 Å². The van der Waals surface area contributed by atoms with E-state index < -0.39 is 13.8 Å². The van der Waals surface area contributed by atoms with Crippen LogP contribution >= 0.6 is 108 Å². The number of aryl methyl sites for hydroxylation is 10. The summed E-state index contributed by atoms with van der Waals surface area (Å²) in [5.74, 6) is 6.78. The van der Waals surface area contributed by atoms with Crippen LogP contribution in [0.25, 0.3) is 67.0 Å². The van der Waals surface area contributed by atoms with E-state index in [0.29, 0.717) is 16.5 Å². The van der Waals surface area contributed by atoms with Crippen LogP contribution in [-0.2, 0) is 0 Å². The zero-order chi connectivity index (χ0) is 76.8. The van der Waals surface area contributed by atoms with Gasteiger partial charge < -0.3 is 14.7 Å². The number of hydrogen-bond acceptors (Lipinski definition) is 7. The minimum atomic E-state index is -1.83. The summed E-state index contributed by atoms with van der Waals surface area (Å²) in [6.07, 6.45) is 8.15. The Morgan fingerprint density at radius 3 is 0.941 bits per heavy atom. The molecule has 0 fully saturated rings. The van der Waals surface area contributed by atoms with Crippen molar-refractivity contribution in [1.82, 2.24) is 24.8 Å². The number of alkyl halides is 3. The van der Waals surface area contributed by atoms with Gasteiger partial charge in [0.1, 0.15) is 0 Å². The van der Waals surface area contributed by atoms with E-state index >= 15 is 0 Å². The second-order valence-corrected chi connectivity index (χ2v) is 48.8. The molecule has 15 heteroatoms. The van der Waals surface area contributed by atoms with Gasteiger partial charge in [0.25, 0.3) is 0 Å². The monoisotopic (exact) mass is 1790 g/mol. The summed E-state index contributed by atoms with van der Waals surface area (Å²) < 4.78 is 0.553. The minimum Gasteiger partial charge on any atom is -0.347 e. The Labute approximate surface area is 666 Å². The molecule has 0 aliphatic heterocycles. The molecule has 2 heterocycles. The van der Waals surface area contributed by atoms with Crippen LogP contribution in [0.3, 0.4) is 0 Å². The second-order valence-electron chi connectivity index (χ2n) is 27.2. The molecule has 0 radical (unpaired) electrons. The Balaban J connectivity index is 0.000000321. The molecule has 0 aliphatic carbocycles. The van der Waals surface area contributed by atoms with Gasteiger partial charge in [0.2, 0.25) is 10.7 Å². The van der Waals surface area contributed by atoms with Crippen molar-refractivity contribution in [3.05, 3.63) is 273 Å². The molecule has 0 saturated heterocycles. The van der Waals surface area contributed by atoms with E-state index in [0.717, 1.165) is 11.1 Å². The largest absolute Gasteiger partial charge is 0.347 e. The summed E-state index contributed by atoms with van der Waals surface area (Å²) in [5.41, 5.74) is 28.1. The fraction of sp³-hybridized carbons (Fsp3) is 0.287. The second kappa shape index (κ2) is 43.7. The van der Waals surface area contributed by atoms with Crippen LogP contribution in [0.4, 0.5) is 11.6 Å². The maximum atomic E-state index is 4.48. The maximum absolute atomic E-state index is 4.48. The summed E-state index contributed by atoms with van der Waals surface area (Å²) in [5, 5.41) is -0.418. The molecule has 0 amide bonds. The van der Waals surface area contributed by atoms with Gasteiger partial charge in [-0.3, -0.25) is 4.98 Å². The quantitative estimate of drug-likeness (QED) is 0.0999. The van der Waals surface area contributed by atoms with E-state index in [4.69, 9.17) is 0 Å². The van der Waals surface area contributed by atoms with E-state index in [9.17, 15) is 0 Å². The molecule has 0 saturated carbocycles. The van der Waals surface area contributed by atoms with Crippen LogP contribution in [0.2, 0.25) is 0 Å². The summed E-state index contributed by atoms with van der Waals surface area (Å²) in [6, 6.07) is 72.2. The number of rotatable bonds is 10. The number of aromatic nitrogens is 4. The van der Waals surface area contributed by atoms with Crippen molar-refractivity contribution < 1.29 is 0 Å². The van der Waals surface area contributed by atoms with Gasteiger partial charge in [0.05, 0.1) is 0 Å². The molecule has 0 atom stereocenters. The molecular weight excluding hydrogens is 1690 g/mol. The molecule has 11 aromatic rings. The van der Waals surface area contributed by atoms with Gasteiger partial charge in [-0.1, -0.05) is 185 Å². The molecule has 9 aromatic carbocycles. The average Bonchev–Trinajstić information content (AvgIpc) is 0.820. The zero-order valence-electron chi connectivity index (χ0n) is 65.0. The molecule has 0 aliphatic rings. The van der Waals surface area contributed by atoms with Crippen LogP contribution in [0, 0.1) is 69.2 Å². The average molecular weight is 1800 g/mol. The van der Waals surface area contributed by atoms with Crippen LogP contribution in [0.1, 0.15) is 55.6 Å². The maximum Gasteiger partial charge on any atom is 0.229 e. The minimum absolute atomic E-state index is 0.553. The molecule has 0 spiro atoms. The van der Waals surface area contributed by atoms with Crippen molar-refractivity contribution in [2.45, 2.75) is 74.1 Å². The Bertz CT molecular complexity index is 4310. The molecule has 7 nitrogen and oxygen atoms in total. The first-order valence-corrected chi connectivity index (χ1v) is 48.8. The first-order valence-electron chi connectivity index (χ1n) is 33.4. The molecule has 11 rings (SSSR count). The normalized spacial score (nSPS) is 11.0. The van der Waals surface area contributed by atoms with Crippen molar-refractivity contribution in [1.29, 1.82) is 0 Å². The van der Waals surface area contributed by atoms with Crippen molar-refractivity contribution in [2.75, 3.05) is 109 Å². The molecule has 2 aromatic heterocycles. The number of halogens is 6. The van der Waals surface area contributed by atoms with Crippen molar-refractivity contribution in [3.63, 3.8) is 0 Å². The fourth-order valence-corrected chi connectivity index (χ4v) is 13.9. The van der Waals surface area contributed by atoms with Crippen molar-refractivity contribution in [3.8, 4) is 67.0 Å². The smallest absolute Gasteiger partial charge is 0.229 e. The summed E-state index contributed by atoms with van der Waals surface area (Å²) in [4.78, 5) is 24.5. The van der Waals surface area contributed by atoms with E-state index in [1.165, 1.54) is 122 Å². The Hall–Kier alpha value is -5.64. The van der Waals surface area contributed by atoms with Crippen LogP contribution in [0.15, 0.2) is 222 Å². The Kier molecular flexibility index (Phi) is 38.8. The van der Waals surface area contributed by atoms with Gasteiger partial charge in [-0.15, -0.1) is 0 Å². The van der Waals surface area contributed by atoms with Gasteiger partial charge in [-0.2, -0.15) is 18.4 Å². The molecular formula is C87H110Br6N7PS. The van der Waals surface area contributed by atoms with E-state index in [2.05, 4.69) is 423 Å². The van der Waals surface area contributed by atoms with E-state index in [-0.39, 0.29) is 0 Å². The van der Waals surface area contributed by atoms with Gasteiger partial charge >= 0.3 is 125 Å². The number of benzene rings is 9. The van der Waals surface area contributed by atoms with Crippen molar-refractivity contribution in [2.24, 2.45) is 0 Å². The number of nitrogens with zero attached hydrogens (tertiary/aromatic N) is 7. The van der Waals surface area contributed by atoms with Gasteiger partial charge in [-0.05, 0) is 251 Å². The first kappa shape index (κ1) is 90.6. The predicted molar refractivity (Wildman–Crippen MR) is 484 cm³/mol. The van der Waals surface area contributed by atoms with Crippen LogP contribution in [-0.4, -0.2) is 124 Å². The van der Waals surface area contributed by atoms with Crippen LogP contribution in [0.5, 0.6) is 0 Å². The van der Waals surface area contributed by atoms with Crippen molar-refractivity contribution >= 4 is 125 Å². The molecule has 0 unspecified atom stereocenters. The summed E-state index contributed by atoms with van der Waals surface area (Å²) in [7, 11) is 13.1. The molecule has 102 heavy (non-hydrogen) atoms. The fourth-order valence-electron chi connectivity index (χ4n) is 10.3. The standard InChI is InChI=1S/C19H17N.C17H22BrP.C16H19BrS.C16H19N.C13H15BrN4.C3H9N.3CH3Br/c1-14-3-4-15(2)19(13-14)18-7-5-16(6-8-18)17-9-11-20-12-10-17;1-13-6-7-14(2)17(12-13)15-8-10-16(11-9-15)19(3,4,5)18;1-12-5-6-13(2)16(11-12)14-7-9-15(10-8-14)18(3,4)17;1-12-5-6-13(2)16(11-12)14-7-9-15(10-8-14)17(3)4;1-8-5-6-9(2)10(7-8)11-15-12(14)17-13(16-11)18(3)4;1-4(2)3;3*1-2/h3-13H,1-2H3;6-12H,1-5H3;5-11H,1-4H3;5-11H,1-4H3;5-7H,1-4H3;1-3H3;3*1H3. The first-order chi connectivity index (χ1) is 48.0. The predicted octanol–water partition coefficient (Wildman–Crippen LogP) is 26.3.